The molecule has 0 atom stereocenters. The number of nitrogens with zero attached hydrogens (tertiary/aromatic N) is 1. The molecule has 0 aliphatic heterocycles. The van der Waals surface area contributed by atoms with Crippen molar-refractivity contribution in [3.05, 3.63) is 47.8 Å². The Morgan fingerprint density at radius 2 is 2.11 bits per heavy atom. The SMILES string of the molecule is Cc1ccc(SCC(=O)NCc2ccn[nH]2)cc1. The van der Waals surface area contributed by atoms with E-state index in [2.05, 4.69) is 15.5 Å². The highest BCUT2D eigenvalue weighted by Crippen LogP contribution is 2.17. The van der Waals surface area contributed by atoms with Gasteiger partial charge in [0, 0.05) is 11.1 Å². The minimum Gasteiger partial charge on any atom is -0.350 e. The molecule has 0 unspecified atom stereocenters. The Morgan fingerprint density at radius 3 is 2.78 bits per heavy atom. The molecule has 2 aromatic rings. The molecule has 0 aliphatic carbocycles. The number of aromatic nitrogens is 2. The van der Waals surface area contributed by atoms with Crippen LogP contribution in [0.5, 0.6) is 0 Å². The fraction of sp³-hybridized carbons (Fsp3) is 0.231. The van der Waals surface area contributed by atoms with Crippen molar-refractivity contribution in [2.45, 2.75) is 18.4 Å². The third-order valence-corrected chi connectivity index (χ3v) is 3.44. The normalized spacial score (nSPS) is 10.3. The number of carbonyl (C=O) groups is 1. The lowest BCUT2D eigenvalue weighted by Crippen LogP contribution is -2.24. The number of rotatable bonds is 5. The third-order valence-electron chi connectivity index (χ3n) is 2.43. The molecule has 0 fully saturated rings. The van der Waals surface area contributed by atoms with Crippen LogP contribution in [0.3, 0.4) is 0 Å². The monoisotopic (exact) mass is 261 g/mol. The van der Waals surface area contributed by atoms with Crippen LogP contribution in [-0.2, 0) is 11.3 Å². The van der Waals surface area contributed by atoms with Crippen molar-refractivity contribution in [2.24, 2.45) is 0 Å². The smallest absolute Gasteiger partial charge is 0.230 e. The second-order valence-electron chi connectivity index (χ2n) is 3.96. The van der Waals surface area contributed by atoms with Crippen LogP contribution in [0.15, 0.2) is 41.4 Å². The van der Waals surface area contributed by atoms with Crippen molar-refractivity contribution in [2.75, 3.05) is 5.75 Å². The summed E-state index contributed by atoms with van der Waals surface area (Å²) in [6.07, 6.45) is 1.67. The molecule has 4 nitrogen and oxygen atoms in total. The standard InChI is InChI=1S/C13H15N3OS/c1-10-2-4-12(5-3-10)18-9-13(17)14-8-11-6-7-15-16-11/h2-7H,8-9H2,1H3,(H,14,17)(H,15,16). The van der Waals surface area contributed by atoms with Crippen molar-refractivity contribution in [3.8, 4) is 0 Å². The van der Waals surface area contributed by atoms with Crippen LogP contribution < -0.4 is 5.32 Å². The van der Waals surface area contributed by atoms with Gasteiger partial charge >= 0.3 is 0 Å². The molecular formula is C13H15N3OS. The summed E-state index contributed by atoms with van der Waals surface area (Å²) in [5, 5.41) is 9.46. The predicted octanol–water partition coefficient (Wildman–Crippen LogP) is 2.13. The highest BCUT2D eigenvalue weighted by atomic mass is 32.2. The molecule has 0 saturated carbocycles. The predicted molar refractivity (Wildman–Crippen MR) is 72.3 cm³/mol. The van der Waals surface area contributed by atoms with Crippen molar-refractivity contribution < 1.29 is 4.79 Å². The summed E-state index contributed by atoms with van der Waals surface area (Å²) in [6, 6.07) is 9.99. The number of hydrogen-bond donors (Lipinski definition) is 2. The van der Waals surface area contributed by atoms with Gasteiger partial charge in [0.2, 0.25) is 5.91 Å². The van der Waals surface area contributed by atoms with E-state index in [9.17, 15) is 4.79 Å². The van der Waals surface area contributed by atoms with E-state index in [1.54, 1.807) is 6.20 Å². The van der Waals surface area contributed by atoms with Crippen LogP contribution in [-0.4, -0.2) is 21.9 Å². The fourth-order valence-electron chi connectivity index (χ4n) is 1.41. The summed E-state index contributed by atoms with van der Waals surface area (Å²) in [5.41, 5.74) is 2.13. The molecular weight excluding hydrogens is 246 g/mol. The zero-order valence-corrected chi connectivity index (χ0v) is 11.0. The zero-order valence-electron chi connectivity index (χ0n) is 10.1. The highest BCUT2D eigenvalue weighted by molar-refractivity contribution is 8.00. The van der Waals surface area contributed by atoms with E-state index >= 15 is 0 Å². The quantitative estimate of drug-likeness (QED) is 0.811. The maximum atomic E-state index is 11.6. The van der Waals surface area contributed by atoms with Crippen LogP contribution in [0.2, 0.25) is 0 Å². The third kappa shape index (κ3) is 3.92. The van der Waals surface area contributed by atoms with E-state index in [1.807, 2.05) is 37.3 Å². The van der Waals surface area contributed by atoms with Gasteiger partial charge in [-0.2, -0.15) is 5.10 Å². The van der Waals surface area contributed by atoms with Crippen LogP contribution in [0.1, 0.15) is 11.3 Å². The van der Waals surface area contributed by atoms with E-state index in [1.165, 1.54) is 17.3 Å². The summed E-state index contributed by atoms with van der Waals surface area (Å²) in [5.74, 6) is 0.451. The molecule has 2 rings (SSSR count). The average molecular weight is 261 g/mol. The summed E-state index contributed by atoms with van der Waals surface area (Å²) in [7, 11) is 0. The number of amides is 1. The van der Waals surface area contributed by atoms with E-state index in [0.29, 0.717) is 12.3 Å². The van der Waals surface area contributed by atoms with Gasteiger partial charge in [-0.1, -0.05) is 17.7 Å². The number of aromatic amines is 1. The number of nitrogens with one attached hydrogen (secondary N) is 2. The summed E-state index contributed by atoms with van der Waals surface area (Å²) in [6.45, 7) is 2.54. The van der Waals surface area contributed by atoms with E-state index in [-0.39, 0.29) is 5.91 Å². The van der Waals surface area contributed by atoms with Crippen molar-refractivity contribution in [3.63, 3.8) is 0 Å². The number of carbonyl (C=O) groups excluding carboxylic acids is 1. The lowest BCUT2D eigenvalue weighted by Gasteiger charge is -2.04. The second kappa shape index (κ2) is 6.26. The van der Waals surface area contributed by atoms with Gasteiger partial charge in [0.1, 0.15) is 0 Å². The van der Waals surface area contributed by atoms with Gasteiger partial charge in [0.05, 0.1) is 18.0 Å². The minimum atomic E-state index is 0.0233. The first-order chi connectivity index (χ1) is 8.74. The van der Waals surface area contributed by atoms with Gasteiger partial charge in [-0.05, 0) is 25.1 Å². The van der Waals surface area contributed by atoms with E-state index in [0.717, 1.165) is 10.6 Å². The molecule has 94 valence electrons. The molecule has 1 aromatic carbocycles. The Bertz CT molecular complexity index is 493. The van der Waals surface area contributed by atoms with Crippen molar-refractivity contribution >= 4 is 17.7 Å². The van der Waals surface area contributed by atoms with E-state index < -0.39 is 0 Å². The van der Waals surface area contributed by atoms with Crippen LogP contribution in [0.4, 0.5) is 0 Å². The van der Waals surface area contributed by atoms with Gasteiger partial charge in [-0.3, -0.25) is 9.89 Å². The Kier molecular flexibility index (Phi) is 4.41. The van der Waals surface area contributed by atoms with Crippen molar-refractivity contribution in [1.29, 1.82) is 0 Å². The Hall–Kier alpha value is -1.75. The molecule has 1 aromatic heterocycles. The zero-order chi connectivity index (χ0) is 12.8. The summed E-state index contributed by atoms with van der Waals surface area (Å²) < 4.78 is 0. The lowest BCUT2D eigenvalue weighted by atomic mass is 10.2. The number of thioether (sulfide) groups is 1. The van der Waals surface area contributed by atoms with Gasteiger partial charge in [-0.15, -0.1) is 11.8 Å². The van der Waals surface area contributed by atoms with Crippen molar-refractivity contribution in [1.82, 2.24) is 15.5 Å². The molecule has 0 spiro atoms. The van der Waals surface area contributed by atoms with Crippen LogP contribution >= 0.6 is 11.8 Å². The molecule has 0 saturated heterocycles. The molecule has 18 heavy (non-hydrogen) atoms. The molecule has 0 aliphatic rings. The molecule has 0 radical (unpaired) electrons. The van der Waals surface area contributed by atoms with Crippen LogP contribution in [0.25, 0.3) is 0 Å². The van der Waals surface area contributed by atoms with Gasteiger partial charge in [0.15, 0.2) is 0 Å². The summed E-state index contributed by atoms with van der Waals surface area (Å²) >= 11 is 1.54. The fourth-order valence-corrected chi connectivity index (χ4v) is 2.14. The maximum Gasteiger partial charge on any atom is 0.230 e. The van der Waals surface area contributed by atoms with Crippen LogP contribution in [0, 0.1) is 6.92 Å². The number of H-pyrrole nitrogens is 1. The topological polar surface area (TPSA) is 57.8 Å². The van der Waals surface area contributed by atoms with E-state index in [4.69, 9.17) is 0 Å². The molecule has 1 amide bonds. The Labute approximate surface area is 110 Å². The first kappa shape index (κ1) is 12.7. The molecule has 1 heterocycles. The highest BCUT2D eigenvalue weighted by Gasteiger charge is 2.03. The largest absolute Gasteiger partial charge is 0.350 e. The van der Waals surface area contributed by atoms with Gasteiger partial charge in [-0.25, -0.2) is 0 Å². The number of hydrogen-bond acceptors (Lipinski definition) is 3. The minimum absolute atomic E-state index is 0.0233. The Balaban J connectivity index is 1.73. The second-order valence-corrected chi connectivity index (χ2v) is 5.01. The number of benzene rings is 1. The molecule has 5 heteroatoms. The van der Waals surface area contributed by atoms with Gasteiger partial charge < -0.3 is 5.32 Å². The number of aryl methyl sites for hydroxylation is 1. The molecule has 2 N–H and O–H groups in total. The van der Waals surface area contributed by atoms with Gasteiger partial charge in [0.25, 0.3) is 0 Å². The first-order valence-electron chi connectivity index (χ1n) is 5.68. The summed E-state index contributed by atoms with van der Waals surface area (Å²) in [4.78, 5) is 12.7. The lowest BCUT2D eigenvalue weighted by molar-refractivity contribution is -0.118. The average Bonchev–Trinajstić information content (AvgIpc) is 2.89. The molecule has 0 bridgehead atoms. The Morgan fingerprint density at radius 1 is 1.33 bits per heavy atom. The first-order valence-corrected chi connectivity index (χ1v) is 6.67. The maximum absolute atomic E-state index is 11.6.